The first-order valence-corrected chi connectivity index (χ1v) is 7.64. The number of rotatable bonds is 12. The average molecular weight is 253 g/mol. The van der Waals surface area contributed by atoms with E-state index in [4.69, 9.17) is 0 Å². The lowest BCUT2D eigenvalue weighted by atomic mass is 10.1. The number of hydrogen-bond acceptors (Lipinski definition) is 1. The Bertz CT molecular complexity index is 209. The first-order chi connectivity index (χ1) is 8.76. The number of amides is 1. The third-order valence-electron chi connectivity index (χ3n) is 3.42. The lowest BCUT2D eigenvalue weighted by Crippen LogP contribution is -2.30. The standard InChI is InChI=1S/C16H31NO/c1-4-7-8-9-10-11-12-13-14-15-16(18)17(5-2)6-3/h4H,1,5-15H2,2-3H3. The summed E-state index contributed by atoms with van der Waals surface area (Å²) in [5, 5.41) is 0. The van der Waals surface area contributed by atoms with E-state index in [0.717, 1.165) is 32.4 Å². The van der Waals surface area contributed by atoms with Gasteiger partial charge in [0.1, 0.15) is 0 Å². The molecule has 0 unspecified atom stereocenters. The van der Waals surface area contributed by atoms with Gasteiger partial charge in [-0.15, -0.1) is 6.58 Å². The third-order valence-corrected chi connectivity index (χ3v) is 3.42. The van der Waals surface area contributed by atoms with Crippen LogP contribution in [0.2, 0.25) is 0 Å². The highest BCUT2D eigenvalue weighted by molar-refractivity contribution is 5.75. The first kappa shape index (κ1) is 17.2. The predicted molar refractivity (Wildman–Crippen MR) is 79.7 cm³/mol. The van der Waals surface area contributed by atoms with Crippen LogP contribution >= 0.6 is 0 Å². The number of allylic oxidation sites excluding steroid dienone is 1. The van der Waals surface area contributed by atoms with Crippen molar-refractivity contribution in [3.63, 3.8) is 0 Å². The van der Waals surface area contributed by atoms with Crippen LogP contribution < -0.4 is 0 Å². The molecule has 0 saturated carbocycles. The molecule has 106 valence electrons. The topological polar surface area (TPSA) is 20.3 Å². The van der Waals surface area contributed by atoms with Gasteiger partial charge in [0.2, 0.25) is 5.91 Å². The summed E-state index contributed by atoms with van der Waals surface area (Å²) in [6, 6.07) is 0. The Labute approximate surface area is 113 Å². The van der Waals surface area contributed by atoms with Crippen molar-refractivity contribution in [3.05, 3.63) is 12.7 Å². The van der Waals surface area contributed by atoms with Crippen molar-refractivity contribution >= 4 is 5.91 Å². The molecule has 0 atom stereocenters. The van der Waals surface area contributed by atoms with Crippen LogP contribution in [0.3, 0.4) is 0 Å². The highest BCUT2D eigenvalue weighted by Gasteiger charge is 2.07. The molecule has 0 saturated heterocycles. The van der Waals surface area contributed by atoms with E-state index in [1.807, 2.05) is 24.8 Å². The van der Waals surface area contributed by atoms with Crippen molar-refractivity contribution in [1.82, 2.24) is 4.90 Å². The Kier molecular flexibility index (Phi) is 12.1. The molecule has 0 aliphatic carbocycles. The maximum atomic E-state index is 11.7. The third kappa shape index (κ3) is 9.26. The van der Waals surface area contributed by atoms with Gasteiger partial charge in [-0.2, -0.15) is 0 Å². The van der Waals surface area contributed by atoms with Crippen LogP contribution in [0.25, 0.3) is 0 Å². The fraction of sp³-hybridized carbons (Fsp3) is 0.812. The van der Waals surface area contributed by atoms with Gasteiger partial charge < -0.3 is 4.90 Å². The van der Waals surface area contributed by atoms with Crippen molar-refractivity contribution in [2.24, 2.45) is 0 Å². The molecule has 18 heavy (non-hydrogen) atoms. The lowest BCUT2D eigenvalue weighted by molar-refractivity contribution is -0.130. The van der Waals surface area contributed by atoms with Crippen LogP contribution in [0.1, 0.15) is 71.6 Å². The van der Waals surface area contributed by atoms with Crippen LogP contribution in [0.4, 0.5) is 0 Å². The van der Waals surface area contributed by atoms with Crippen LogP contribution in [0.15, 0.2) is 12.7 Å². The van der Waals surface area contributed by atoms with E-state index in [0.29, 0.717) is 5.91 Å². The molecule has 0 aromatic carbocycles. The molecule has 0 rings (SSSR count). The SMILES string of the molecule is C=CCCCCCCCCCC(=O)N(CC)CC. The Morgan fingerprint density at radius 3 is 1.94 bits per heavy atom. The largest absolute Gasteiger partial charge is 0.343 e. The van der Waals surface area contributed by atoms with E-state index in [1.54, 1.807) is 0 Å². The van der Waals surface area contributed by atoms with E-state index < -0.39 is 0 Å². The quantitative estimate of drug-likeness (QED) is 0.369. The zero-order chi connectivity index (χ0) is 13.6. The van der Waals surface area contributed by atoms with Gasteiger partial charge in [0.15, 0.2) is 0 Å². The molecule has 0 fully saturated rings. The summed E-state index contributed by atoms with van der Waals surface area (Å²) < 4.78 is 0. The zero-order valence-corrected chi connectivity index (χ0v) is 12.4. The van der Waals surface area contributed by atoms with Gasteiger partial charge in [0.05, 0.1) is 0 Å². The second kappa shape index (κ2) is 12.7. The van der Waals surface area contributed by atoms with Crippen LogP contribution in [-0.2, 0) is 4.79 Å². The lowest BCUT2D eigenvalue weighted by Gasteiger charge is -2.18. The van der Waals surface area contributed by atoms with E-state index >= 15 is 0 Å². The summed E-state index contributed by atoms with van der Waals surface area (Å²) in [6.07, 6.45) is 12.7. The highest BCUT2D eigenvalue weighted by atomic mass is 16.2. The van der Waals surface area contributed by atoms with Gasteiger partial charge in [0, 0.05) is 19.5 Å². The number of carbonyl (C=O) groups excluding carboxylic acids is 1. The van der Waals surface area contributed by atoms with Crippen LogP contribution in [-0.4, -0.2) is 23.9 Å². The summed E-state index contributed by atoms with van der Waals surface area (Å²) in [7, 11) is 0. The molecule has 1 amide bonds. The van der Waals surface area contributed by atoms with Gasteiger partial charge in [-0.1, -0.05) is 38.2 Å². The first-order valence-electron chi connectivity index (χ1n) is 7.64. The summed E-state index contributed by atoms with van der Waals surface area (Å²) in [4.78, 5) is 13.7. The Morgan fingerprint density at radius 1 is 0.944 bits per heavy atom. The molecule has 0 bridgehead atoms. The van der Waals surface area contributed by atoms with Gasteiger partial charge >= 0.3 is 0 Å². The van der Waals surface area contributed by atoms with Gasteiger partial charge in [0.25, 0.3) is 0 Å². The predicted octanol–water partition coefficient (Wildman–Crippen LogP) is 4.55. The monoisotopic (exact) mass is 253 g/mol. The molecule has 0 aromatic heterocycles. The Hall–Kier alpha value is -0.790. The summed E-state index contributed by atoms with van der Waals surface area (Å²) in [5.41, 5.74) is 0. The van der Waals surface area contributed by atoms with E-state index in [2.05, 4.69) is 6.58 Å². The second-order valence-corrected chi connectivity index (χ2v) is 4.87. The molecule has 0 aliphatic rings. The van der Waals surface area contributed by atoms with Gasteiger partial charge in [-0.25, -0.2) is 0 Å². The minimum absolute atomic E-state index is 0.325. The smallest absolute Gasteiger partial charge is 0.222 e. The Balaban J connectivity index is 3.29. The molecule has 0 aromatic rings. The normalized spacial score (nSPS) is 10.3. The molecular formula is C16H31NO. The Morgan fingerprint density at radius 2 is 1.44 bits per heavy atom. The molecule has 0 aliphatic heterocycles. The highest BCUT2D eigenvalue weighted by Crippen LogP contribution is 2.10. The van der Waals surface area contributed by atoms with Crippen LogP contribution in [0, 0.1) is 0 Å². The minimum Gasteiger partial charge on any atom is -0.343 e. The maximum absolute atomic E-state index is 11.7. The minimum atomic E-state index is 0.325. The van der Waals surface area contributed by atoms with Gasteiger partial charge in [-0.05, 0) is 33.1 Å². The molecule has 2 heteroatoms. The zero-order valence-electron chi connectivity index (χ0n) is 12.4. The van der Waals surface area contributed by atoms with E-state index in [-0.39, 0.29) is 0 Å². The van der Waals surface area contributed by atoms with Crippen molar-refractivity contribution in [2.45, 2.75) is 71.6 Å². The molecule has 0 N–H and O–H groups in total. The fourth-order valence-electron chi connectivity index (χ4n) is 2.18. The van der Waals surface area contributed by atoms with Gasteiger partial charge in [-0.3, -0.25) is 4.79 Å². The number of carbonyl (C=O) groups is 1. The van der Waals surface area contributed by atoms with E-state index in [9.17, 15) is 4.79 Å². The number of unbranched alkanes of at least 4 members (excludes halogenated alkanes) is 7. The summed E-state index contributed by atoms with van der Waals surface area (Å²) in [6.45, 7) is 9.51. The molecular weight excluding hydrogens is 222 g/mol. The molecule has 0 heterocycles. The summed E-state index contributed by atoms with van der Waals surface area (Å²) >= 11 is 0. The number of nitrogens with zero attached hydrogens (tertiary/aromatic N) is 1. The van der Waals surface area contributed by atoms with Crippen LogP contribution in [0.5, 0.6) is 0 Å². The van der Waals surface area contributed by atoms with Crippen molar-refractivity contribution in [2.75, 3.05) is 13.1 Å². The van der Waals surface area contributed by atoms with Crippen molar-refractivity contribution in [3.8, 4) is 0 Å². The molecule has 0 radical (unpaired) electrons. The van der Waals surface area contributed by atoms with E-state index in [1.165, 1.54) is 38.5 Å². The van der Waals surface area contributed by atoms with Crippen molar-refractivity contribution in [1.29, 1.82) is 0 Å². The molecule has 0 spiro atoms. The fourth-order valence-corrected chi connectivity index (χ4v) is 2.18. The second-order valence-electron chi connectivity index (χ2n) is 4.87. The molecule has 2 nitrogen and oxygen atoms in total. The number of hydrogen-bond donors (Lipinski definition) is 0. The average Bonchev–Trinajstić information content (AvgIpc) is 2.38. The van der Waals surface area contributed by atoms with Crippen molar-refractivity contribution < 1.29 is 4.79 Å². The summed E-state index contributed by atoms with van der Waals surface area (Å²) in [5.74, 6) is 0.325. The maximum Gasteiger partial charge on any atom is 0.222 e.